The minimum absolute atomic E-state index is 0.149. The van der Waals surface area contributed by atoms with E-state index in [2.05, 4.69) is 27.0 Å². The number of esters is 2. The van der Waals surface area contributed by atoms with E-state index in [0.717, 1.165) is 48.6 Å². The van der Waals surface area contributed by atoms with Gasteiger partial charge in [0, 0.05) is 25.4 Å². The molecule has 0 spiro atoms. The molecule has 0 radical (unpaired) electrons. The first kappa shape index (κ1) is 58.8. The Labute approximate surface area is 403 Å². The van der Waals surface area contributed by atoms with Crippen LogP contribution in [-0.2, 0) is 28.5 Å². The summed E-state index contributed by atoms with van der Waals surface area (Å²) in [5.41, 5.74) is 0. The molecule has 0 heterocycles. The molecule has 8 nitrogen and oxygen atoms in total. The highest BCUT2D eigenvalue weighted by Gasteiger charge is 2.17. The summed E-state index contributed by atoms with van der Waals surface area (Å²) in [6, 6.07) is 11.6. The zero-order valence-electron chi connectivity index (χ0n) is 42.3. The predicted molar refractivity (Wildman–Crippen MR) is 276 cm³/mol. The molecule has 0 aliphatic heterocycles. The average molecular weight is 921 g/mol. The largest absolute Gasteiger partial charge is 0.490 e. The quantitative estimate of drug-likeness (QED) is 0.0368. The van der Waals surface area contributed by atoms with Crippen LogP contribution in [0.2, 0.25) is 0 Å². The van der Waals surface area contributed by atoms with Crippen molar-refractivity contribution in [2.75, 3.05) is 39.6 Å². The highest BCUT2D eigenvalue weighted by atomic mass is 16.6. The Kier molecular flexibility index (Phi) is 38.2. The Morgan fingerprint density at radius 2 is 0.697 bits per heavy atom. The molecule has 0 amide bonds. The maximum absolute atomic E-state index is 12.1. The molecule has 0 fully saturated rings. The fraction of sp³-hybridized carbons (Fsp3) is 0.724. The average Bonchev–Trinajstić information content (AvgIpc) is 3.33. The van der Waals surface area contributed by atoms with E-state index in [9.17, 15) is 9.59 Å². The van der Waals surface area contributed by atoms with Crippen LogP contribution in [0.25, 0.3) is 10.8 Å². The van der Waals surface area contributed by atoms with Crippen molar-refractivity contribution in [1.29, 1.82) is 0 Å². The molecule has 2 rings (SSSR count). The van der Waals surface area contributed by atoms with E-state index in [1.54, 1.807) is 0 Å². The lowest BCUT2D eigenvalue weighted by Gasteiger charge is -2.19. The Bertz CT molecular complexity index is 1370. The fourth-order valence-electron chi connectivity index (χ4n) is 8.35. The number of carbonyl (C=O) groups excluding carboxylic acids is 2. The summed E-state index contributed by atoms with van der Waals surface area (Å²) in [7, 11) is 0. The fourth-order valence-corrected chi connectivity index (χ4v) is 8.35. The van der Waals surface area contributed by atoms with Crippen LogP contribution in [0.1, 0.15) is 219 Å². The van der Waals surface area contributed by atoms with Crippen molar-refractivity contribution in [1.82, 2.24) is 0 Å². The number of benzene rings is 2. The van der Waals surface area contributed by atoms with Gasteiger partial charge in [0.2, 0.25) is 0 Å². The topological polar surface area (TPSA) is 89.5 Å². The summed E-state index contributed by atoms with van der Waals surface area (Å²) in [5, 5.41) is 1.94. The summed E-state index contributed by atoms with van der Waals surface area (Å²) in [6.07, 6.45) is 43.7. The van der Waals surface area contributed by atoms with Crippen molar-refractivity contribution in [2.45, 2.75) is 232 Å². The number of hydrogen-bond acceptors (Lipinski definition) is 8. The van der Waals surface area contributed by atoms with Crippen LogP contribution in [0, 0.1) is 0 Å². The second-order valence-electron chi connectivity index (χ2n) is 18.6. The molecule has 2 atom stereocenters. The molecule has 8 heteroatoms. The van der Waals surface area contributed by atoms with Crippen LogP contribution < -0.4 is 9.47 Å². The molecule has 0 aliphatic carbocycles. The Morgan fingerprint density at radius 1 is 0.409 bits per heavy atom. The Morgan fingerprint density at radius 3 is 0.985 bits per heavy atom. The minimum Gasteiger partial charge on any atom is -0.490 e. The van der Waals surface area contributed by atoms with Gasteiger partial charge in [-0.3, -0.25) is 0 Å². The van der Waals surface area contributed by atoms with Crippen molar-refractivity contribution < 1.29 is 38.0 Å². The molecule has 0 aromatic heterocycles. The zero-order valence-corrected chi connectivity index (χ0v) is 42.3. The van der Waals surface area contributed by atoms with Gasteiger partial charge in [0.05, 0.1) is 13.2 Å². The van der Waals surface area contributed by atoms with E-state index in [4.69, 9.17) is 28.4 Å². The molecular weight excluding hydrogens is 825 g/mol. The van der Waals surface area contributed by atoms with E-state index >= 15 is 0 Å². The molecule has 0 aliphatic rings. The molecule has 0 saturated carbocycles. The maximum atomic E-state index is 12.1. The van der Waals surface area contributed by atoms with Gasteiger partial charge in [-0.1, -0.05) is 232 Å². The molecule has 0 N–H and O–H groups in total. The van der Waals surface area contributed by atoms with Gasteiger partial charge in [-0.2, -0.15) is 0 Å². The molecular formula is C58H96O8. The molecule has 2 aromatic rings. The van der Waals surface area contributed by atoms with Crippen molar-refractivity contribution >= 4 is 22.7 Å². The third-order valence-electron chi connectivity index (χ3n) is 12.4. The lowest BCUT2D eigenvalue weighted by Crippen LogP contribution is -2.29. The molecule has 0 bridgehead atoms. The minimum atomic E-state index is -0.566. The van der Waals surface area contributed by atoms with Crippen LogP contribution in [0.4, 0.5) is 0 Å². The van der Waals surface area contributed by atoms with Gasteiger partial charge in [0.15, 0.2) is 12.2 Å². The molecule has 66 heavy (non-hydrogen) atoms. The SMILES string of the molecule is C=CC(=O)OC(COCCCCCCCCCCCCCCCCCC)COc1ccc2ccc(OCC(COCCCCCCCCCCCCCCCCCC)OC(=O)C=C)cc2c1. The summed E-state index contributed by atoms with van der Waals surface area (Å²) in [6.45, 7) is 13.7. The van der Waals surface area contributed by atoms with Crippen LogP contribution in [0.15, 0.2) is 61.7 Å². The molecule has 2 unspecified atom stereocenters. The van der Waals surface area contributed by atoms with E-state index in [1.165, 1.54) is 180 Å². The third-order valence-corrected chi connectivity index (χ3v) is 12.4. The van der Waals surface area contributed by atoms with Gasteiger partial charge in [-0.15, -0.1) is 0 Å². The first-order valence-corrected chi connectivity index (χ1v) is 27.1. The first-order valence-electron chi connectivity index (χ1n) is 27.1. The van der Waals surface area contributed by atoms with Crippen molar-refractivity contribution in [3.8, 4) is 11.5 Å². The third kappa shape index (κ3) is 33.2. The number of fused-ring (bicyclic) bond motifs is 1. The second-order valence-corrected chi connectivity index (χ2v) is 18.6. The number of ether oxygens (including phenoxy) is 6. The number of rotatable bonds is 48. The highest BCUT2D eigenvalue weighted by Crippen LogP contribution is 2.26. The van der Waals surface area contributed by atoms with Gasteiger partial charge < -0.3 is 28.4 Å². The zero-order chi connectivity index (χ0) is 47.4. The van der Waals surface area contributed by atoms with Crippen LogP contribution >= 0.6 is 0 Å². The second kappa shape index (κ2) is 43.0. The van der Waals surface area contributed by atoms with E-state index in [1.807, 2.05) is 36.4 Å². The van der Waals surface area contributed by atoms with Crippen molar-refractivity contribution in [2.24, 2.45) is 0 Å². The van der Waals surface area contributed by atoms with E-state index < -0.39 is 24.1 Å². The molecule has 376 valence electrons. The molecule has 0 saturated heterocycles. The van der Waals surface area contributed by atoms with E-state index in [0.29, 0.717) is 24.7 Å². The summed E-state index contributed by atoms with van der Waals surface area (Å²) in [5.74, 6) is 0.268. The normalized spacial score (nSPS) is 12.2. The summed E-state index contributed by atoms with van der Waals surface area (Å²) < 4.78 is 35.2. The van der Waals surface area contributed by atoms with Crippen LogP contribution in [0.5, 0.6) is 11.5 Å². The van der Waals surface area contributed by atoms with Gasteiger partial charge in [-0.05, 0) is 47.9 Å². The van der Waals surface area contributed by atoms with Crippen LogP contribution in [-0.4, -0.2) is 63.8 Å². The maximum Gasteiger partial charge on any atom is 0.330 e. The number of hydrogen-bond donors (Lipinski definition) is 0. The Balaban J connectivity index is 1.64. The van der Waals surface area contributed by atoms with Gasteiger partial charge >= 0.3 is 11.9 Å². The first-order chi connectivity index (χ1) is 32.5. The highest BCUT2D eigenvalue weighted by molar-refractivity contribution is 5.85. The summed E-state index contributed by atoms with van der Waals surface area (Å²) >= 11 is 0. The number of unbranched alkanes of at least 4 members (excludes halogenated alkanes) is 30. The Hall–Kier alpha value is -3.36. The standard InChI is InChI=1S/C58H96O8/c1-5-9-11-13-15-17-19-21-23-25-27-29-31-33-35-37-43-61-47-55(65-57(59)7-3)49-63-53-41-39-51-40-42-54(46-52(51)45-53)64-50-56(66-58(60)8-4)48-62-44-38-36-34-32-30-28-26-24-22-20-18-16-14-12-10-6-2/h7-8,39-42,45-46,55-56H,3-6,9-38,43-44,47-50H2,1-2H3. The smallest absolute Gasteiger partial charge is 0.330 e. The summed E-state index contributed by atoms with van der Waals surface area (Å²) in [4.78, 5) is 24.2. The lowest BCUT2D eigenvalue weighted by molar-refractivity contribution is -0.148. The number of carbonyl (C=O) groups is 2. The predicted octanol–water partition coefficient (Wildman–Crippen LogP) is 16.3. The van der Waals surface area contributed by atoms with Gasteiger partial charge in [0.25, 0.3) is 0 Å². The van der Waals surface area contributed by atoms with Crippen molar-refractivity contribution in [3.63, 3.8) is 0 Å². The van der Waals surface area contributed by atoms with Gasteiger partial charge in [-0.25, -0.2) is 9.59 Å². The monoisotopic (exact) mass is 921 g/mol. The van der Waals surface area contributed by atoms with Crippen molar-refractivity contribution in [3.05, 3.63) is 61.7 Å². The van der Waals surface area contributed by atoms with E-state index in [-0.39, 0.29) is 26.4 Å². The lowest BCUT2D eigenvalue weighted by atomic mass is 10.0. The van der Waals surface area contributed by atoms with Crippen LogP contribution in [0.3, 0.4) is 0 Å². The van der Waals surface area contributed by atoms with Gasteiger partial charge in [0.1, 0.15) is 24.7 Å². The molecule has 2 aromatic carbocycles.